The number of nitrogens with zero attached hydrogens (tertiary/aromatic N) is 2. The summed E-state index contributed by atoms with van der Waals surface area (Å²) in [5.74, 6) is 1.27. The molecule has 1 aromatic heterocycles. The highest BCUT2D eigenvalue weighted by atomic mass is 16.5. The van der Waals surface area contributed by atoms with Crippen molar-refractivity contribution in [2.24, 2.45) is 5.92 Å². The maximum absolute atomic E-state index is 11.8. The largest absolute Gasteiger partial charge is 0.488 e. The Kier molecular flexibility index (Phi) is 3.38. The molecule has 0 spiro atoms. The minimum atomic E-state index is -0.0671. The van der Waals surface area contributed by atoms with Crippen molar-refractivity contribution in [2.75, 3.05) is 13.2 Å². The fourth-order valence-corrected chi connectivity index (χ4v) is 3.19. The number of pyridine rings is 1. The normalized spacial score (nSPS) is 28.7. The number of rotatable bonds is 4. The number of aliphatic hydroxyl groups excluding tert-OH is 1. The Morgan fingerprint density at radius 2 is 2.42 bits per heavy atom. The monoisotopic (exact) mass is 262 g/mol. The first-order valence-electron chi connectivity index (χ1n) is 6.75. The Labute approximate surface area is 112 Å². The highest BCUT2D eigenvalue weighted by Crippen LogP contribution is 2.40. The van der Waals surface area contributed by atoms with Gasteiger partial charge in [0.05, 0.1) is 12.8 Å². The van der Waals surface area contributed by atoms with Crippen LogP contribution in [0.5, 0.6) is 5.75 Å². The van der Waals surface area contributed by atoms with Gasteiger partial charge in [0.1, 0.15) is 11.9 Å². The van der Waals surface area contributed by atoms with Crippen LogP contribution in [0.3, 0.4) is 0 Å². The molecule has 2 heterocycles. The molecule has 1 saturated heterocycles. The predicted molar refractivity (Wildman–Crippen MR) is 68.6 cm³/mol. The summed E-state index contributed by atoms with van der Waals surface area (Å²) in [6.07, 6.45) is 5.77. The van der Waals surface area contributed by atoms with Gasteiger partial charge in [-0.3, -0.25) is 9.78 Å². The van der Waals surface area contributed by atoms with Gasteiger partial charge in [-0.05, 0) is 18.6 Å². The maximum Gasteiger partial charge on any atom is 0.225 e. The second-order valence-electron chi connectivity index (χ2n) is 5.25. The van der Waals surface area contributed by atoms with Crippen LogP contribution in [0.1, 0.15) is 19.3 Å². The molecule has 1 N–H and O–H groups in total. The number of ether oxygens (including phenoxy) is 1. The number of carbonyl (C=O) groups is 1. The maximum atomic E-state index is 11.8. The molecule has 1 saturated carbocycles. The van der Waals surface area contributed by atoms with E-state index in [0.717, 1.165) is 25.1 Å². The minimum absolute atomic E-state index is 0.0647. The summed E-state index contributed by atoms with van der Waals surface area (Å²) in [6, 6.07) is 4.05. The summed E-state index contributed by atoms with van der Waals surface area (Å²) in [4.78, 5) is 17.8. The quantitative estimate of drug-likeness (QED) is 0.873. The Bertz CT molecular complexity index is 451. The van der Waals surface area contributed by atoms with Crippen molar-refractivity contribution in [1.29, 1.82) is 0 Å². The van der Waals surface area contributed by atoms with Crippen LogP contribution in [0, 0.1) is 5.92 Å². The summed E-state index contributed by atoms with van der Waals surface area (Å²) in [6.45, 7) is 0.691. The molecule has 3 rings (SSSR count). The molecular formula is C14H18N2O3. The van der Waals surface area contributed by atoms with Crippen molar-refractivity contribution in [3.05, 3.63) is 24.5 Å². The van der Waals surface area contributed by atoms with Gasteiger partial charge in [-0.15, -0.1) is 0 Å². The van der Waals surface area contributed by atoms with E-state index in [1.807, 2.05) is 17.0 Å². The molecule has 2 fully saturated rings. The summed E-state index contributed by atoms with van der Waals surface area (Å²) in [5.41, 5.74) is 0. The fourth-order valence-electron chi connectivity index (χ4n) is 3.19. The van der Waals surface area contributed by atoms with Crippen LogP contribution in [0.2, 0.25) is 0 Å². The van der Waals surface area contributed by atoms with Crippen LogP contribution in [0.4, 0.5) is 0 Å². The van der Waals surface area contributed by atoms with Crippen molar-refractivity contribution < 1.29 is 14.6 Å². The first-order chi connectivity index (χ1) is 9.28. The zero-order valence-electron chi connectivity index (χ0n) is 10.7. The summed E-state index contributed by atoms with van der Waals surface area (Å²) >= 11 is 0. The molecule has 1 aliphatic heterocycles. The second kappa shape index (κ2) is 5.17. The van der Waals surface area contributed by atoms with Crippen molar-refractivity contribution in [1.82, 2.24) is 9.88 Å². The third-order valence-corrected chi connectivity index (χ3v) is 4.04. The lowest BCUT2D eigenvalue weighted by Crippen LogP contribution is -2.43. The van der Waals surface area contributed by atoms with E-state index in [1.165, 1.54) is 0 Å². The molecule has 102 valence electrons. The van der Waals surface area contributed by atoms with Gasteiger partial charge in [-0.25, -0.2) is 0 Å². The molecule has 0 radical (unpaired) electrons. The number of aliphatic hydroxyl groups is 1. The number of likely N-dealkylation sites (tertiary alicyclic amines) is 1. The molecule has 2 bridgehead atoms. The lowest BCUT2D eigenvalue weighted by molar-refractivity contribution is -0.134. The zero-order chi connectivity index (χ0) is 13.2. The molecule has 1 aliphatic carbocycles. The van der Waals surface area contributed by atoms with Crippen molar-refractivity contribution >= 4 is 5.91 Å². The van der Waals surface area contributed by atoms with Crippen LogP contribution >= 0.6 is 0 Å². The van der Waals surface area contributed by atoms with Crippen LogP contribution in [0.25, 0.3) is 0 Å². The molecule has 3 atom stereocenters. The lowest BCUT2D eigenvalue weighted by atomic mass is 10.1. The van der Waals surface area contributed by atoms with E-state index in [4.69, 9.17) is 9.84 Å². The van der Waals surface area contributed by atoms with Gasteiger partial charge in [0.15, 0.2) is 0 Å². The van der Waals surface area contributed by atoms with E-state index >= 15 is 0 Å². The fraction of sp³-hybridized carbons (Fsp3) is 0.571. The molecule has 1 amide bonds. The summed E-state index contributed by atoms with van der Waals surface area (Å²) in [5, 5.41) is 8.83. The van der Waals surface area contributed by atoms with Crippen molar-refractivity contribution in [3.63, 3.8) is 0 Å². The molecule has 5 heteroatoms. The number of fused-ring (bicyclic) bond motifs is 2. The molecule has 2 aliphatic rings. The first-order valence-corrected chi connectivity index (χ1v) is 6.75. The van der Waals surface area contributed by atoms with E-state index in [-0.39, 0.29) is 31.1 Å². The Morgan fingerprint density at radius 3 is 3.05 bits per heavy atom. The highest BCUT2D eigenvalue weighted by Gasteiger charge is 2.47. The predicted octanol–water partition coefficient (Wildman–Crippen LogP) is 0.832. The van der Waals surface area contributed by atoms with Gasteiger partial charge in [0, 0.05) is 37.5 Å². The SMILES string of the molecule is O=C(CCO)N1C[C@H]2C[C@H]1C[C@H]2Oc1cccnc1. The second-order valence-corrected chi connectivity index (χ2v) is 5.25. The molecule has 0 aromatic carbocycles. The third-order valence-electron chi connectivity index (χ3n) is 4.04. The number of piperidine rings is 1. The number of carbonyl (C=O) groups excluding carboxylic acids is 1. The van der Waals surface area contributed by atoms with Gasteiger partial charge in [-0.1, -0.05) is 0 Å². The topological polar surface area (TPSA) is 62.7 Å². The summed E-state index contributed by atoms with van der Waals surface area (Å²) < 4.78 is 5.95. The molecule has 5 nitrogen and oxygen atoms in total. The van der Waals surface area contributed by atoms with E-state index < -0.39 is 0 Å². The standard InChI is InChI=1S/C14H18N2O3/c17-5-3-14(18)16-9-10-6-11(16)7-13(10)19-12-2-1-4-15-8-12/h1-2,4,8,10-11,13,17H,3,5-7,9H2/t10-,11+,13-/m1/s1. The van der Waals surface area contributed by atoms with Gasteiger partial charge in [0.25, 0.3) is 0 Å². The first kappa shape index (κ1) is 12.4. The number of hydrogen-bond donors (Lipinski definition) is 1. The third kappa shape index (κ3) is 2.42. The molecule has 0 unspecified atom stereocenters. The van der Waals surface area contributed by atoms with Crippen molar-refractivity contribution in [2.45, 2.75) is 31.4 Å². The molecule has 19 heavy (non-hydrogen) atoms. The summed E-state index contributed by atoms with van der Waals surface area (Å²) in [7, 11) is 0. The van der Waals surface area contributed by atoms with E-state index in [1.54, 1.807) is 12.4 Å². The number of aromatic nitrogens is 1. The molecular weight excluding hydrogens is 244 g/mol. The zero-order valence-corrected chi connectivity index (χ0v) is 10.7. The Hall–Kier alpha value is -1.62. The number of hydrogen-bond acceptors (Lipinski definition) is 4. The Balaban J connectivity index is 1.59. The van der Waals surface area contributed by atoms with Crippen LogP contribution < -0.4 is 4.74 Å². The number of amides is 1. The van der Waals surface area contributed by atoms with E-state index in [2.05, 4.69) is 4.98 Å². The van der Waals surface area contributed by atoms with Crippen molar-refractivity contribution in [3.8, 4) is 5.75 Å². The average Bonchev–Trinajstić information content (AvgIpc) is 3.00. The van der Waals surface area contributed by atoms with E-state index in [9.17, 15) is 4.79 Å². The molecule has 1 aromatic rings. The minimum Gasteiger partial charge on any atom is -0.488 e. The van der Waals surface area contributed by atoms with E-state index in [0.29, 0.717) is 5.92 Å². The van der Waals surface area contributed by atoms with Gasteiger partial charge in [-0.2, -0.15) is 0 Å². The average molecular weight is 262 g/mol. The highest BCUT2D eigenvalue weighted by molar-refractivity contribution is 5.77. The van der Waals surface area contributed by atoms with Gasteiger partial charge < -0.3 is 14.7 Å². The Morgan fingerprint density at radius 1 is 1.53 bits per heavy atom. The van der Waals surface area contributed by atoms with Crippen LogP contribution in [0.15, 0.2) is 24.5 Å². The van der Waals surface area contributed by atoms with Gasteiger partial charge in [0.2, 0.25) is 5.91 Å². The van der Waals surface area contributed by atoms with Crippen LogP contribution in [-0.2, 0) is 4.79 Å². The van der Waals surface area contributed by atoms with Gasteiger partial charge >= 0.3 is 0 Å². The van der Waals surface area contributed by atoms with Crippen LogP contribution in [-0.4, -0.2) is 46.2 Å². The lowest BCUT2D eigenvalue weighted by Gasteiger charge is -2.31. The smallest absolute Gasteiger partial charge is 0.225 e.